The largest absolute Gasteiger partial charge is 0.387 e. The molecule has 1 aliphatic rings. The molecule has 1 saturated heterocycles. The summed E-state index contributed by atoms with van der Waals surface area (Å²) in [7, 11) is 0. The van der Waals surface area contributed by atoms with E-state index >= 15 is 0 Å². The Kier molecular flexibility index (Phi) is 4.32. The van der Waals surface area contributed by atoms with Crippen molar-refractivity contribution >= 4 is 22.9 Å². The maximum Gasteiger partial charge on any atom is 0.236 e. The molecule has 3 heterocycles. The molecule has 2 aromatic heterocycles. The first-order chi connectivity index (χ1) is 11.4. The van der Waals surface area contributed by atoms with Crippen molar-refractivity contribution in [3.63, 3.8) is 0 Å². The molecule has 0 aromatic carbocycles. The summed E-state index contributed by atoms with van der Waals surface area (Å²) in [5.74, 6) is -0.176. The maximum atomic E-state index is 11.5. The Hall–Kier alpha value is -2.34. The number of aliphatic hydroxyl groups is 2. The van der Waals surface area contributed by atoms with Crippen LogP contribution in [0.3, 0.4) is 0 Å². The molecule has 0 aliphatic carbocycles. The highest BCUT2D eigenvalue weighted by atomic mass is 16.6. The van der Waals surface area contributed by atoms with Gasteiger partial charge in [0.2, 0.25) is 5.91 Å². The lowest BCUT2D eigenvalue weighted by atomic mass is 10.1. The third-order valence-electron chi connectivity index (χ3n) is 3.89. The summed E-state index contributed by atoms with van der Waals surface area (Å²) < 4.78 is 7.14. The summed E-state index contributed by atoms with van der Waals surface area (Å²) in [5, 5.41) is 23.0. The molecule has 11 heteroatoms. The molecule has 1 amide bonds. The van der Waals surface area contributed by atoms with Crippen LogP contribution in [0.15, 0.2) is 12.7 Å². The first-order valence-corrected chi connectivity index (χ1v) is 7.38. The molecule has 0 bridgehead atoms. The summed E-state index contributed by atoms with van der Waals surface area (Å²) >= 11 is 0. The number of ether oxygens (including phenoxy) is 1. The normalized spacial score (nSPS) is 28.2. The van der Waals surface area contributed by atoms with E-state index in [1.165, 1.54) is 17.2 Å². The first-order valence-electron chi connectivity index (χ1n) is 7.38. The molecule has 2 aromatic rings. The van der Waals surface area contributed by atoms with E-state index in [0.29, 0.717) is 11.2 Å². The van der Waals surface area contributed by atoms with Gasteiger partial charge in [-0.1, -0.05) is 0 Å². The van der Waals surface area contributed by atoms with Crippen LogP contribution in [-0.4, -0.2) is 66.5 Å². The zero-order valence-electron chi connectivity index (χ0n) is 12.9. The Morgan fingerprint density at radius 2 is 2.17 bits per heavy atom. The first kappa shape index (κ1) is 16.5. The van der Waals surface area contributed by atoms with Gasteiger partial charge in [-0.25, -0.2) is 15.0 Å². The Bertz CT molecular complexity index is 749. The molecule has 0 radical (unpaired) electrons. The minimum atomic E-state index is -1.23. The van der Waals surface area contributed by atoms with Crippen molar-refractivity contribution in [2.24, 2.45) is 5.73 Å². The van der Waals surface area contributed by atoms with Crippen LogP contribution in [0.25, 0.3) is 11.2 Å². The summed E-state index contributed by atoms with van der Waals surface area (Å²) in [4.78, 5) is 23.5. The van der Waals surface area contributed by atoms with Gasteiger partial charge >= 0.3 is 0 Å². The molecular formula is C13H19N7O4. The maximum absolute atomic E-state index is 11.5. The van der Waals surface area contributed by atoms with E-state index in [2.05, 4.69) is 20.3 Å². The van der Waals surface area contributed by atoms with Gasteiger partial charge in [0.25, 0.3) is 0 Å². The lowest BCUT2D eigenvalue weighted by Crippen LogP contribution is -2.44. The highest BCUT2D eigenvalue weighted by Gasteiger charge is 2.44. The van der Waals surface area contributed by atoms with E-state index in [4.69, 9.17) is 16.2 Å². The van der Waals surface area contributed by atoms with E-state index in [0.717, 1.165) is 0 Å². The zero-order valence-corrected chi connectivity index (χ0v) is 12.9. The molecule has 24 heavy (non-hydrogen) atoms. The summed E-state index contributed by atoms with van der Waals surface area (Å²) in [5.41, 5.74) is 11.9. The minimum Gasteiger partial charge on any atom is -0.387 e. The second kappa shape index (κ2) is 6.28. The van der Waals surface area contributed by atoms with E-state index in [1.54, 1.807) is 6.92 Å². The Balaban J connectivity index is 1.79. The lowest BCUT2D eigenvalue weighted by Gasteiger charge is -2.16. The molecule has 0 saturated carbocycles. The SMILES string of the molecule is C[C@@H](N)C(=O)NC[C@H]1O[C@@H](n2cnc3c(N)ncnc32)[C@H](O)[C@@H]1O. The topological polar surface area (TPSA) is 174 Å². The Morgan fingerprint density at radius 1 is 1.42 bits per heavy atom. The number of hydrogen-bond acceptors (Lipinski definition) is 9. The van der Waals surface area contributed by atoms with Gasteiger partial charge in [0.05, 0.1) is 12.4 Å². The summed E-state index contributed by atoms with van der Waals surface area (Å²) in [6, 6.07) is -0.679. The van der Waals surface area contributed by atoms with Crippen molar-refractivity contribution in [2.75, 3.05) is 12.3 Å². The molecule has 1 fully saturated rings. The lowest BCUT2D eigenvalue weighted by molar-refractivity contribution is -0.123. The van der Waals surface area contributed by atoms with Crippen molar-refractivity contribution in [3.8, 4) is 0 Å². The molecule has 7 N–H and O–H groups in total. The van der Waals surface area contributed by atoms with E-state index in [1.807, 2.05) is 0 Å². The highest BCUT2D eigenvalue weighted by Crippen LogP contribution is 2.31. The number of fused-ring (bicyclic) bond motifs is 1. The molecule has 3 rings (SSSR count). The van der Waals surface area contributed by atoms with Crippen molar-refractivity contribution in [3.05, 3.63) is 12.7 Å². The number of imidazole rings is 1. The number of anilines is 1. The van der Waals surface area contributed by atoms with E-state index in [-0.39, 0.29) is 18.3 Å². The molecule has 0 unspecified atom stereocenters. The number of rotatable bonds is 4. The number of nitrogens with one attached hydrogen (secondary N) is 1. The summed E-state index contributed by atoms with van der Waals surface area (Å²) in [6.07, 6.45) is -1.47. The van der Waals surface area contributed by atoms with Crippen LogP contribution in [0, 0.1) is 0 Å². The number of carbonyl (C=O) groups excluding carboxylic acids is 1. The van der Waals surface area contributed by atoms with Crippen molar-refractivity contribution in [1.29, 1.82) is 0 Å². The van der Waals surface area contributed by atoms with Gasteiger partial charge in [-0.05, 0) is 6.92 Å². The number of amides is 1. The van der Waals surface area contributed by atoms with Gasteiger partial charge in [0.15, 0.2) is 17.7 Å². The second-order valence-corrected chi connectivity index (χ2v) is 5.66. The molecular weight excluding hydrogens is 318 g/mol. The van der Waals surface area contributed by atoms with Crippen LogP contribution in [0.5, 0.6) is 0 Å². The monoisotopic (exact) mass is 337 g/mol. The van der Waals surface area contributed by atoms with Crippen LogP contribution in [0.4, 0.5) is 5.82 Å². The van der Waals surface area contributed by atoms with Gasteiger partial charge in [-0.3, -0.25) is 9.36 Å². The van der Waals surface area contributed by atoms with Gasteiger partial charge in [-0.2, -0.15) is 0 Å². The standard InChI is InChI=1S/C13H19N7O4/c1-5(14)12(23)16-2-6-8(21)9(22)13(24-6)20-4-19-7-10(15)17-3-18-11(7)20/h3-6,8-9,13,21-22H,2,14H2,1H3,(H,16,23)(H2,15,17,18)/t5-,6-,8-,9-,13-/m1/s1. The number of aromatic nitrogens is 4. The van der Waals surface area contributed by atoms with Gasteiger partial charge in [-0.15, -0.1) is 0 Å². The van der Waals surface area contributed by atoms with Gasteiger partial charge < -0.3 is 31.7 Å². The fourth-order valence-electron chi connectivity index (χ4n) is 2.55. The van der Waals surface area contributed by atoms with Crippen LogP contribution in [0.2, 0.25) is 0 Å². The molecule has 1 aliphatic heterocycles. The highest BCUT2D eigenvalue weighted by molar-refractivity contribution is 5.81. The number of nitrogen functional groups attached to an aromatic ring is 1. The smallest absolute Gasteiger partial charge is 0.236 e. The fourth-order valence-corrected chi connectivity index (χ4v) is 2.55. The minimum absolute atomic E-state index is 0.0128. The second-order valence-electron chi connectivity index (χ2n) is 5.66. The predicted octanol–water partition coefficient (Wildman–Crippen LogP) is -2.51. The molecule has 130 valence electrons. The Labute approximate surface area is 136 Å². The average Bonchev–Trinajstić information content (AvgIpc) is 3.09. The number of carbonyl (C=O) groups is 1. The van der Waals surface area contributed by atoms with Crippen LogP contribution >= 0.6 is 0 Å². The number of aliphatic hydroxyl groups excluding tert-OH is 2. The fraction of sp³-hybridized carbons (Fsp3) is 0.538. The molecule has 0 spiro atoms. The van der Waals surface area contributed by atoms with Crippen molar-refractivity contribution in [1.82, 2.24) is 24.8 Å². The van der Waals surface area contributed by atoms with Gasteiger partial charge in [0.1, 0.15) is 30.2 Å². The zero-order chi connectivity index (χ0) is 17.4. The van der Waals surface area contributed by atoms with Crippen LogP contribution < -0.4 is 16.8 Å². The predicted molar refractivity (Wildman–Crippen MR) is 82.3 cm³/mol. The van der Waals surface area contributed by atoms with E-state index < -0.39 is 30.6 Å². The number of nitrogens with two attached hydrogens (primary N) is 2. The quantitative estimate of drug-likeness (QED) is 0.403. The Morgan fingerprint density at radius 3 is 2.88 bits per heavy atom. The van der Waals surface area contributed by atoms with Gasteiger partial charge in [0, 0.05) is 6.54 Å². The van der Waals surface area contributed by atoms with Crippen LogP contribution in [-0.2, 0) is 9.53 Å². The molecule has 5 atom stereocenters. The summed E-state index contributed by atoms with van der Waals surface area (Å²) in [6.45, 7) is 1.56. The van der Waals surface area contributed by atoms with E-state index in [9.17, 15) is 15.0 Å². The average molecular weight is 337 g/mol. The van der Waals surface area contributed by atoms with Crippen molar-refractivity contribution < 1.29 is 19.7 Å². The third-order valence-corrected chi connectivity index (χ3v) is 3.89. The third kappa shape index (κ3) is 2.78. The molecule has 11 nitrogen and oxygen atoms in total. The number of hydrogen-bond donors (Lipinski definition) is 5. The van der Waals surface area contributed by atoms with Crippen LogP contribution in [0.1, 0.15) is 13.2 Å². The number of nitrogens with zero attached hydrogens (tertiary/aromatic N) is 4. The van der Waals surface area contributed by atoms with Crippen molar-refractivity contribution in [2.45, 2.75) is 37.5 Å².